The van der Waals surface area contributed by atoms with E-state index in [1.807, 2.05) is 18.2 Å². The van der Waals surface area contributed by atoms with Gasteiger partial charge in [0.2, 0.25) is 0 Å². The van der Waals surface area contributed by atoms with Gasteiger partial charge in [0.05, 0.1) is 11.6 Å². The molecule has 1 amide bonds. The number of aldehydes is 1. The van der Waals surface area contributed by atoms with Gasteiger partial charge in [-0.05, 0) is 42.5 Å². The van der Waals surface area contributed by atoms with Crippen LogP contribution in [0.1, 0.15) is 40.4 Å². The number of nitrogens with one attached hydrogen (secondary N) is 1. The van der Waals surface area contributed by atoms with Gasteiger partial charge in [0, 0.05) is 0 Å². The summed E-state index contributed by atoms with van der Waals surface area (Å²) in [6.45, 7) is -0.736. The minimum absolute atomic E-state index is 0.0585. The largest absolute Gasteiger partial charge is 0.481 e. The Labute approximate surface area is 157 Å². The third-order valence-electron chi connectivity index (χ3n) is 4.46. The molecule has 0 aliphatic heterocycles. The van der Waals surface area contributed by atoms with Crippen molar-refractivity contribution in [1.82, 2.24) is 5.32 Å². The zero-order chi connectivity index (χ0) is 19.1. The Balaban J connectivity index is 1.45. The Morgan fingerprint density at radius 3 is 2.70 bits per heavy atom. The van der Waals surface area contributed by atoms with E-state index in [1.54, 1.807) is 24.3 Å². The van der Waals surface area contributed by atoms with E-state index < -0.39 is 5.97 Å². The first-order valence-corrected chi connectivity index (χ1v) is 8.87. The molecule has 6 nitrogen and oxygen atoms in total. The number of amides is 1. The molecule has 140 valence electrons. The fourth-order valence-corrected chi connectivity index (χ4v) is 3.17. The third-order valence-corrected chi connectivity index (χ3v) is 4.46. The van der Waals surface area contributed by atoms with Crippen molar-refractivity contribution in [3.05, 3.63) is 65.2 Å². The lowest BCUT2D eigenvalue weighted by molar-refractivity contribution is -0.150. The Bertz CT molecular complexity index is 833. The van der Waals surface area contributed by atoms with E-state index in [1.165, 1.54) is 5.56 Å². The molecular formula is C21H21NO5. The van der Waals surface area contributed by atoms with Crippen LogP contribution in [-0.4, -0.2) is 31.4 Å². The van der Waals surface area contributed by atoms with Crippen molar-refractivity contribution in [2.75, 3.05) is 13.2 Å². The maximum absolute atomic E-state index is 12.1. The predicted octanol–water partition coefficient (Wildman–Crippen LogP) is 2.61. The summed E-state index contributed by atoms with van der Waals surface area (Å²) in [6.07, 6.45) is 3.53. The van der Waals surface area contributed by atoms with Crippen LogP contribution >= 0.6 is 0 Å². The van der Waals surface area contributed by atoms with Crippen molar-refractivity contribution >= 4 is 18.2 Å². The SMILES string of the molecule is O=Cc1ccccc1OCC(=O)OCC(=O)N[C@@H]1CCCc2ccccc21. The van der Waals surface area contributed by atoms with Crippen LogP contribution in [0.2, 0.25) is 0 Å². The molecule has 0 unspecified atom stereocenters. The molecule has 1 aliphatic rings. The number of ether oxygens (including phenoxy) is 2. The highest BCUT2D eigenvalue weighted by Crippen LogP contribution is 2.29. The highest BCUT2D eigenvalue weighted by atomic mass is 16.6. The molecule has 0 spiro atoms. The summed E-state index contributed by atoms with van der Waals surface area (Å²) in [4.78, 5) is 34.8. The van der Waals surface area contributed by atoms with Crippen molar-refractivity contribution in [2.24, 2.45) is 0 Å². The average molecular weight is 367 g/mol. The van der Waals surface area contributed by atoms with Crippen molar-refractivity contribution in [1.29, 1.82) is 0 Å². The highest BCUT2D eigenvalue weighted by molar-refractivity contribution is 5.82. The molecule has 1 atom stereocenters. The standard InChI is InChI=1S/C21H21NO5/c23-12-16-7-2-4-11-19(16)26-14-21(25)27-13-20(24)22-18-10-5-8-15-6-1-3-9-17(15)18/h1-4,6-7,9,11-12,18H,5,8,10,13-14H2,(H,22,24)/t18-/m1/s1. The van der Waals surface area contributed by atoms with Crippen LogP contribution in [0.4, 0.5) is 0 Å². The molecule has 2 aromatic carbocycles. The van der Waals surface area contributed by atoms with Gasteiger partial charge in [0.25, 0.3) is 5.91 Å². The second-order valence-corrected chi connectivity index (χ2v) is 6.32. The molecule has 0 heterocycles. The number of carbonyl (C=O) groups excluding carboxylic acids is 3. The van der Waals surface area contributed by atoms with Crippen molar-refractivity contribution < 1.29 is 23.9 Å². The Morgan fingerprint density at radius 1 is 1.07 bits per heavy atom. The molecule has 0 aromatic heterocycles. The minimum atomic E-state index is -0.671. The zero-order valence-corrected chi connectivity index (χ0v) is 14.9. The predicted molar refractivity (Wildman–Crippen MR) is 98.5 cm³/mol. The van der Waals surface area contributed by atoms with E-state index in [9.17, 15) is 14.4 Å². The molecule has 0 radical (unpaired) electrons. The van der Waals surface area contributed by atoms with E-state index in [-0.39, 0.29) is 25.2 Å². The van der Waals surface area contributed by atoms with E-state index in [0.717, 1.165) is 24.8 Å². The van der Waals surface area contributed by atoms with Gasteiger partial charge in [0.15, 0.2) is 19.5 Å². The summed E-state index contributed by atoms with van der Waals surface area (Å²) in [5.74, 6) is -0.721. The first-order valence-electron chi connectivity index (χ1n) is 8.87. The summed E-state index contributed by atoms with van der Waals surface area (Å²) in [5.41, 5.74) is 2.71. The summed E-state index contributed by atoms with van der Waals surface area (Å²) in [7, 11) is 0. The molecule has 1 aliphatic carbocycles. The number of esters is 1. The number of aryl methyl sites for hydroxylation is 1. The van der Waals surface area contributed by atoms with Crippen LogP contribution in [0.3, 0.4) is 0 Å². The van der Waals surface area contributed by atoms with Crippen LogP contribution in [0.25, 0.3) is 0 Å². The molecular weight excluding hydrogens is 346 g/mol. The second-order valence-electron chi connectivity index (χ2n) is 6.32. The average Bonchev–Trinajstić information content (AvgIpc) is 2.71. The quantitative estimate of drug-likeness (QED) is 0.601. The number of carbonyl (C=O) groups is 3. The molecule has 1 N–H and O–H groups in total. The molecule has 27 heavy (non-hydrogen) atoms. The minimum Gasteiger partial charge on any atom is -0.481 e. The number of rotatable bonds is 7. The lowest BCUT2D eigenvalue weighted by Gasteiger charge is -2.26. The molecule has 0 saturated carbocycles. The lowest BCUT2D eigenvalue weighted by atomic mass is 9.88. The molecule has 0 bridgehead atoms. The van der Waals surface area contributed by atoms with Gasteiger partial charge in [0.1, 0.15) is 5.75 Å². The van der Waals surface area contributed by atoms with Gasteiger partial charge in [-0.2, -0.15) is 0 Å². The van der Waals surface area contributed by atoms with Gasteiger partial charge in [-0.1, -0.05) is 36.4 Å². The third kappa shape index (κ3) is 4.94. The number of benzene rings is 2. The van der Waals surface area contributed by atoms with Crippen LogP contribution in [0.15, 0.2) is 48.5 Å². The molecule has 0 saturated heterocycles. The highest BCUT2D eigenvalue weighted by Gasteiger charge is 2.21. The molecule has 6 heteroatoms. The Kier molecular flexibility index (Phi) is 6.20. The van der Waals surface area contributed by atoms with Gasteiger partial charge < -0.3 is 14.8 Å². The number of hydrogen-bond acceptors (Lipinski definition) is 5. The monoisotopic (exact) mass is 367 g/mol. The summed E-state index contributed by atoms with van der Waals surface area (Å²) in [5, 5.41) is 2.92. The number of para-hydroxylation sites is 1. The first kappa shape index (κ1) is 18.6. The second kappa shape index (κ2) is 8.98. The number of hydrogen-bond donors (Lipinski definition) is 1. The zero-order valence-electron chi connectivity index (χ0n) is 14.9. The van der Waals surface area contributed by atoms with Crippen LogP contribution < -0.4 is 10.1 Å². The molecule has 0 fully saturated rings. The van der Waals surface area contributed by atoms with Crippen molar-refractivity contribution in [2.45, 2.75) is 25.3 Å². The van der Waals surface area contributed by atoms with E-state index in [2.05, 4.69) is 11.4 Å². The van der Waals surface area contributed by atoms with Gasteiger partial charge >= 0.3 is 5.97 Å². The maximum Gasteiger partial charge on any atom is 0.344 e. The molecule has 3 rings (SSSR count). The fraction of sp³-hybridized carbons (Fsp3) is 0.286. The number of fused-ring (bicyclic) bond motifs is 1. The fourth-order valence-electron chi connectivity index (χ4n) is 3.17. The first-order chi connectivity index (χ1) is 13.2. The van der Waals surface area contributed by atoms with E-state index in [4.69, 9.17) is 9.47 Å². The maximum atomic E-state index is 12.1. The summed E-state index contributed by atoms with van der Waals surface area (Å²) < 4.78 is 10.2. The Hall–Kier alpha value is -3.15. The van der Waals surface area contributed by atoms with Crippen LogP contribution in [0, 0.1) is 0 Å². The van der Waals surface area contributed by atoms with Gasteiger partial charge in [-0.25, -0.2) is 4.79 Å². The van der Waals surface area contributed by atoms with E-state index >= 15 is 0 Å². The summed E-state index contributed by atoms with van der Waals surface area (Å²) in [6, 6.07) is 14.5. The van der Waals surface area contributed by atoms with Gasteiger partial charge in [-0.3, -0.25) is 9.59 Å². The van der Waals surface area contributed by atoms with E-state index in [0.29, 0.717) is 17.6 Å². The van der Waals surface area contributed by atoms with Crippen LogP contribution in [-0.2, 0) is 20.7 Å². The molecule has 2 aromatic rings. The van der Waals surface area contributed by atoms with Crippen LogP contribution in [0.5, 0.6) is 5.75 Å². The summed E-state index contributed by atoms with van der Waals surface area (Å²) >= 11 is 0. The lowest BCUT2D eigenvalue weighted by Crippen LogP contribution is -2.34. The van der Waals surface area contributed by atoms with Gasteiger partial charge in [-0.15, -0.1) is 0 Å². The Morgan fingerprint density at radius 2 is 1.85 bits per heavy atom. The van der Waals surface area contributed by atoms with Crippen molar-refractivity contribution in [3.63, 3.8) is 0 Å². The smallest absolute Gasteiger partial charge is 0.344 e. The normalized spacial score (nSPS) is 15.3. The van der Waals surface area contributed by atoms with Crippen molar-refractivity contribution in [3.8, 4) is 5.75 Å². The topological polar surface area (TPSA) is 81.7 Å².